The summed E-state index contributed by atoms with van der Waals surface area (Å²) < 4.78 is 61.8. The van der Waals surface area contributed by atoms with E-state index in [9.17, 15) is 26.4 Å². The van der Waals surface area contributed by atoms with Crippen molar-refractivity contribution in [2.45, 2.75) is 6.18 Å². The van der Waals surface area contributed by atoms with Gasteiger partial charge in [-0.25, -0.2) is 13.2 Å². The Morgan fingerprint density at radius 3 is 2.24 bits per heavy atom. The lowest BCUT2D eigenvalue weighted by Crippen LogP contribution is -2.41. The highest BCUT2D eigenvalue weighted by molar-refractivity contribution is 7.91. The van der Waals surface area contributed by atoms with Gasteiger partial charge in [-0.15, -0.1) is 0 Å². The van der Waals surface area contributed by atoms with E-state index in [2.05, 4.69) is 0 Å². The molecule has 0 saturated carbocycles. The van der Waals surface area contributed by atoms with Gasteiger partial charge in [0, 0.05) is 18.8 Å². The van der Waals surface area contributed by atoms with Crippen molar-refractivity contribution in [1.82, 2.24) is 0 Å². The van der Waals surface area contributed by atoms with Crippen molar-refractivity contribution in [2.75, 3.05) is 29.5 Å². The average Bonchev–Trinajstić information content (AvgIpc) is 2.37. The van der Waals surface area contributed by atoms with Gasteiger partial charge in [0.15, 0.2) is 9.84 Å². The predicted octanol–water partition coefficient (Wildman–Crippen LogP) is 1.64. The van der Waals surface area contributed by atoms with Gasteiger partial charge in [0.2, 0.25) is 0 Å². The topological polar surface area (TPSA) is 74.7 Å². The first-order chi connectivity index (χ1) is 9.60. The molecule has 0 atom stereocenters. The zero-order valence-electron chi connectivity index (χ0n) is 10.7. The molecule has 1 saturated heterocycles. The number of carboxylic acids is 1. The van der Waals surface area contributed by atoms with E-state index in [0.717, 1.165) is 12.1 Å². The van der Waals surface area contributed by atoms with Gasteiger partial charge in [-0.05, 0) is 18.2 Å². The lowest BCUT2D eigenvalue weighted by molar-refractivity contribution is -0.137. The molecule has 1 N–H and O–H groups in total. The van der Waals surface area contributed by atoms with Crippen LogP contribution in [0.4, 0.5) is 18.9 Å². The van der Waals surface area contributed by atoms with Gasteiger partial charge in [0.05, 0.1) is 22.6 Å². The molecular formula is C12H12F3NO4S. The quantitative estimate of drug-likeness (QED) is 0.895. The number of hydrogen-bond acceptors (Lipinski definition) is 4. The first kappa shape index (κ1) is 15.6. The summed E-state index contributed by atoms with van der Waals surface area (Å²) >= 11 is 0. The average molecular weight is 323 g/mol. The number of anilines is 1. The third kappa shape index (κ3) is 3.46. The fraction of sp³-hybridized carbons (Fsp3) is 0.417. The molecule has 0 spiro atoms. The van der Waals surface area contributed by atoms with Gasteiger partial charge < -0.3 is 10.0 Å². The van der Waals surface area contributed by atoms with Gasteiger partial charge in [-0.1, -0.05) is 0 Å². The van der Waals surface area contributed by atoms with Crippen molar-refractivity contribution < 1.29 is 31.5 Å². The largest absolute Gasteiger partial charge is 0.478 e. The van der Waals surface area contributed by atoms with Crippen LogP contribution in [-0.4, -0.2) is 44.1 Å². The molecule has 1 aromatic rings. The predicted molar refractivity (Wildman–Crippen MR) is 69.3 cm³/mol. The molecule has 1 aliphatic heterocycles. The highest BCUT2D eigenvalue weighted by atomic mass is 32.2. The number of carbonyl (C=O) groups is 1. The van der Waals surface area contributed by atoms with Crippen LogP contribution >= 0.6 is 0 Å². The number of halogens is 3. The molecule has 0 amide bonds. The van der Waals surface area contributed by atoms with Crippen molar-refractivity contribution in [2.24, 2.45) is 0 Å². The van der Waals surface area contributed by atoms with E-state index in [-0.39, 0.29) is 30.3 Å². The zero-order valence-corrected chi connectivity index (χ0v) is 11.5. The van der Waals surface area contributed by atoms with Crippen LogP contribution in [0.25, 0.3) is 0 Å². The summed E-state index contributed by atoms with van der Waals surface area (Å²) in [5.41, 5.74) is -1.72. The van der Waals surface area contributed by atoms with Gasteiger partial charge >= 0.3 is 12.1 Å². The third-order valence-corrected chi connectivity index (χ3v) is 4.84. The van der Waals surface area contributed by atoms with Crippen LogP contribution in [0, 0.1) is 0 Å². The number of benzene rings is 1. The Bertz CT molecular complexity index is 656. The number of rotatable bonds is 2. The summed E-state index contributed by atoms with van der Waals surface area (Å²) in [6, 6.07) is 2.72. The summed E-state index contributed by atoms with van der Waals surface area (Å²) in [5.74, 6) is -1.89. The van der Waals surface area contributed by atoms with Crippen LogP contribution < -0.4 is 4.90 Å². The second-order valence-corrected chi connectivity index (χ2v) is 6.98. The van der Waals surface area contributed by atoms with Gasteiger partial charge in [-0.2, -0.15) is 13.2 Å². The van der Waals surface area contributed by atoms with Crippen LogP contribution in [0.5, 0.6) is 0 Å². The molecule has 1 fully saturated rings. The smallest absolute Gasteiger partial charge is 0.418 e. The molecule has 0 bridgehead atoms. The first-order valence-corrected chi connectivity index (χ1v) is 7.82. The minimum atomic E-state index is -4.71. The number of sulfone groups is 1. The minimum Gasteiger partial charge on any atom is -0.478 e. The number of hydrogen-bond donors (Lipinski definition) is 1. The van der Waals surface area contributed by atoms with Crippen molar-refractivity contribution in [3.8, 4) is 0 Å². The number of carboxylic acid groups (broad SMARTS) is 1. The Morgan fingerprint density at radius 2 is 1.76 bits per heavy atom. The Morgan fingerprint density at radius 1 is 1.19 bits per heavy atom. The summed E-state index contributed by atoms with van der Waals surface area (Å²) in [6.45, 7) is -0.0876. The van der Waals surface area contributed by atoms with Crippen LogP contribution in [0.1, 0.15) is 15.9 Å². The molecule has 2 rings (SSSR count). The monoisotopic (exact) mass is 323 g/mol. The maximum atomic E-state index is 13.1. The van der Waals surface area contributed by atoms with E-state index in [1.807, 2.05) is 0 Å². The van der Waals surface area contributed by atoms with Crippen LogP contribution in [0.15, 0.2) is 18.2 Å². The van der Waals surface area contributed by atoms with Crippen molar-refractivity contribution in [3.05, 3.63) is 29.3 Å². The van der Waals surface area contributed by atoms with Gasteiger partial charge in [0.1, 0.15) is 0 Å². The standard InChI is InChI=1S/C12H12F3NO4S/c13-12(14,15)9-7-8(11(17)18)1-2-10(9)16-3-5-21(19,20)6-4-16/h1-2,7H,3-6H2,(H,17,18). The number of aromatic carboxylic acids is 1. The molecular weight excluding hydrogens is 311 g/mol. The maximum absolute atomic E-state index is 13.1. The number of alkyl halides is 3. The third-order valence-electron chi connectivity index (χ3n) is 3.23. The van der Waals surface area contributed by atoms with E-state index in [4.69, 9.17) is 5.11 Å². The highest BCUT2D eigenvalue weighted by Gasteiger charge is 2.36. The molecule has 5 nitrogen and oxygen atoms in total. The SMILES string of the molecule is O=C(O)c1ccc(N2CCS(=O)(=O)CC2)c(C(F)(F)F)c1. The second-order valence-electron chi connectivity index (χ2n) is 4.67. The van der Waals surface area contributed by atoms with Crippen molar-refractivity contribution >= 4 is 21.5 Å². The molecule has 0 aliphatic carbocycles. The molecule has 1 heterocycles. The Labute approximate surface area is 118 Å². The Balaban J connectivity index is 2.42. The van der Waals surface area contributed by atoms with E-state index in [1.54, 1.807) is 0 Å². The van der Waals surface area contributed by atoms with Crippen LogP contribution in [0.3, 0.4) is 0 Å². The highest BCUT2D eigenvalue weighted by Crippen LogP contribution is 2.37. The van der Waals surface area contributed by atoms with E-state index in [0.29, 0.717) is 6.07 Å². The summed E-state index contributed by atoms with van der Waals surface area (Å²) in [4.78, 5) is 12.1. The van der Waals surface area contributed by atoms with Crippen LogP contribution in [-0.2, 0) is 16.0 Å². The fourth-order valence-corrected chi connectivity index (χ4v) is 3.33. The lowest BCUT2D eigenvalue weighted by Gasteiger charge is -2.31. The molecule has 0 radical (unpaired) electrons. The molecule has 21 heavy (non-hydrogen) atoms. The molecule has 9 heteroatoms. The second kappa shape index (κ2) is 5.21. The molecule has 0 unspecified atom stereocenters. The molecule has 0 aromatic heterocycles. The van der Waals surface area contributed by atoms with Gasteiger partial charge in [0.25, 0.3) is 0 Å². The fourth-order valence-electron chi connectivity index (χ4n) is 2.13. The first-order valence-electron chi connectivity index (χ1n) is 6.00. The molecule has 116 valence electrons. The van der Waals surface area contributed by atoms with Crippen LogP contribution in [0.2, 0.25) is 0 Å². The van der Waals surface area contributed by atoms with Crippen molar-refractivity contribution in [3.63, 3.8) is 0 Å². The van der Waals surface area contributed by atoms with Gasteiger partial charge in [-0.3, -0.25) is 0 Å². The van der Waals surface area contributed by atoms with E-state index < -0.39 is 33.1 Å². The Kier molecular flexibility index (Phi) is 3.87. The lowest BCUT2D eigenvalue weighted by atomic mass is 10.1. The normalized spacial score (nSPS) is 18.5. The van der Waals surface area contributed by atoms with Crippen molar-refractivity contribution in [1.29, 1.82) is 0 Å². The Hall–Kier alpha value is -1.77. The summed E-state index contributed by atoms with van der Waals surface area (Å²) in [5, 5.41) is 8.78. The zero-order chi connectivity index (χ0) is 15.8. The maximum Gasteiger partial charge on any atom is 0.418 e. The summed E-state index contributed by atoms with van der Waals surface area (Å²) in [7, 11) is -3.21. The molecule has 1 aliphatic rings. The minimum absolute atomic E-state index is 0.0438. The summed E-state index contributed by atoms with van der Waals surface area (Å²) in [6.07, 6.45) is -4.71. The van der Waals surface area contributed by atoms with E-state index in [1.165, 1.54) is 4.90 Å². The number of nitrogens with zero attached hydrogens (tertiary/aromatic N) is 1. The van der Waals surface area contributed by atoms with E-state index >= 15 is 0 Å². The molecule has 1 aromatic carbocycles.